The van der Waals surface area contributed by atoms with Crippen molar-refractivity contribution in [3.05, 3.63) is 64.4 Å². The summed E-state index contributed by atoms with van der Waals surface area (Å²) in [6, 6.07) is 14.0. The normalized spacial score (nSPS) is 15.0. The molecule has 1 aliphatic rings. The lowest BCUT2D eigenvalue weighted by Crippen LogP contribution is -2.51. The number of piperazine rings is 1. The third-order valence-corrected chi connectivity index (χ3v) is 4.64. The fourth-order valence-electron chi connectivity index (χ4n) is 2.86. The van der Waals surface area contributed by atoms with Crippen LogP contribution in [0.3, 0.4) is 0 Å². The molecule has 5 nitrogen and oxygen atoms in total. The Morgan fingerprint density at radius 3 is 2.46 bits per heavy atom. The highest BCUT2D eigenvalue weighted by atomic mass is 35.5. The number of aliphatic imine (C=N–C) groups is 1. The van der Waals surface area contributed by atoms with Gasteiger partial charge in [-0.3, -0.25) is 0 Å². The molecule has 0 bridgehead atoms. The van der Waals surface area contributed by atoms with Crippen molar-refractivity contribution in [3.8, 4) is 6.07 Å². The van der Waals surface area contributed by atoms with Gasteiger partial charge in [0.05, 0.1) is 18.2 Å². The highest BCUT2D eigenvalue weighted by Crippen LogP contribution is 2.19. The molecule has 0 radical (unpaired) electrons. The van der Waals surface area contributed by atoms with Crippen LogP contribution in [0.2, 0.25) is 5.02 Å². The second-order valence-corrected chi connectivity index (χ2v) is 6.48. The van der Waals surface area contributed by atoms with E-state index in [1.54, 1.807) is 12.1 Å². The van der Waals surface area contributed by atoms with E-state index in [1.807, 2.05) is 35.2 Å². The zero-order valence-corrected chi connectivity index (χ0v) is 15.0. The van der Waals surface area contributed by atoms with Crippen molar-refractivity contribution in [2.75, 3.05) is 31.1 Å². The van der Waals surface area contributed by atoms with Gasteiger partial charge < -0.3 is 15.5 Å². The molecule has 2 aromatic carbocycles. The fraction of sp³-hybridized carbons (Fsp3) is 0.263. The number of halogens is 2. The predicted octanol–water partition coefficient (Wildman–Crippen LogP) is 2.99. The first-order valence-corrected chi connectivity index (χ1v) is 8.68. The highest BCUT2D eigenvalue weighted by Gasteiger charge is 2.18. The SMILES string of the molecule is N#Cc1ccc(CN=C(N)N2CCN(c3ccc(Cl)cc3)CC2)c(F)c1. The van der Waals surface area contributed by atoms with E-state index >= 15 is 0 Å². The Morgan fingerprint density at radius 2 is 1.85 bits per heavy atom. The van der Waals surface area contributed by atoms with E-state index in [-0.39, 0.29) is 6.54 Å². The van der Waals surface area contributed by atoms with Crippen LogP contribution in [0.5, 0.6) is 0 Å². The molecular formula is C19H19ClFN5. The van der Waals surface area contributed by atoms with E-state index in [0.717, 1.165) is 36.9 Å². The third-order valence-electron chi connectivity index (χ3n) is 4.39. The van der Waals surface area contributed by atoms with E-state index in [9.17, 15) is 4.39 Å². The van der Waals surface area contributed by atoms with E-state index < -0.39 is 5.82 Å². The third kappa shape index (κ3) is 4.24. The summed E-state index contributed by atoms with van der Waals surface area (Å²) in [6.07, 6.45) is 0. The van der Waals surface area contributed by atoms with Crippen LogP contribution in [0.25, 0.3) is 0 Å². The molecule has 1 heterocycles. The number of anilines is 1. The van der Waals surface area contributed by atoms with Gasteiger partial charge in [0, 0.05) is 42.5 Å². The highest BCUT2D eigenvalue weighted by molar-refractivity contribution is 6.30. The summed E-state index contributed by atoms with van der Waals surface area (Å²) in [5.41, 5.74) is 7.92. The summed E-state index contributed by atoms with van der Waals surface area (Å²) in [7, 11) is 0. The second kappa shape index (κ2) is 8.07. The number of rotatable bonds is 3. The molecule has 0 aliphatic carbocycles. The van der Waals surface area contributed by atoms with Gasteiger partial charge in [-0.15, -0.1) is 0 Å². The van der Waals surface area contributed by atoms with Crippen molar-refractivity contribution in [1.29, 1.82) is 5.26 Å². The van der Waals surface area contributed by atoms with Crippen molar-refractivity contribution in [3.63, 3.8) is 0 Å². The molecule has 1 aliphatic heterocycles. The van der Waals surface area contributed by atoms with Gasteiger partial charge in [-0.05, 0) is 36.4 Å². The quantitative estimate of drug-likeness (QED) is 0.665. The Balaban J connectivity index is 1.58. The first-order valence-electron chi connectivity index (χ1n) is 8.31. The number of nitrogens with zero attached hydrogens (tertiary/aromatic N) is 4. The molecule has 2 aromatic rings. The molecule has 0 spiro atoms. The second-order valence-electron chi connectivity index (χ2n) is 6.04. The largest absolute Gasteiger partial charge is 0.370 e. The zero-order chi connectivity index (χ0) is 18.5. The van der Waals surface area contributed by atoms with Gasteiger partial charge in [0.2, 0.25) is 0 Å². The zero-order valence-electron chi connectivity index (χ0n) is 14.2. The van der Waals surface area contributed by atoms with Crippen molar-refractivity contribution >= 4 is 23.2 Å². The molecule has 0 unspecified atom stereocenters. The molecule has 2 N–H and O–H groups in total. The number of nitriles is 1. The van der Waals surface area contributed by atoms with Crippen LogP contribution in [0.4, 0.5) is 10.1 Å². The van der Waals surface area contributed by atoms with Crippen LogP contribution in [-0.4, -0.2) is 37.0 Å². The Labute approximate surface area is 157 Å². The van der Waals surface area contributed by atoms with Crippen molar-refractivity contribution in [2.45, 2.75) is 6.54 Å². The van der Waals surface area contributed by atoms with E-state index in [0.29, 0.717) is 17.1 Å². The minimum absolute atomic E-state index is 0.154. The minimum atomic E-state index is -0.437. The first kappa shape index (κ1) is 18.0. The van der Waals surface area contributed by atoms with E-state index in [1.165, 1.54) is 6.07 Å². The molecular weight excluding hydrogens is 353 g/mol. The van der Waals surface area contributed by atoms with E-state index in [4.69, 9.17) is 22.6 Å². The molecule has 0 amide bonds. The van der Waals surface area contributed by atoms with Crippen molar-refractivity contribution in [1.82, 2.24) is 4.90 Å². The number of hydrogen-bond acceptors (Lipinski definition) is 3. The van der Waals surface area contributed by atoms with Crippen LogP contribution in [0, 0.1) is 17.1 Å². The van der Waals surface area contributed by atoms with Gasteiger partial charge in [-0.1, -0.05) is 17.7 Å². The first-order chi connectivity index (χ1) is 12.6. The number of guanidine groups is 1. The van der Waals surface area contributed by atoms with Gasteiger partial charge in [-0.2, -0.15) is 5.26 Å². The fourth-order valence-corrected chi connectivity index (χ4v) is 2.98. The number of nitrogens with two attached hydrogens (primary N) is 1. The molecule has 0 atom stereocenters. The monoisotopic (exact) mass is 371 g/mol. The average Bonchev–Trinajstić information content (AvgIpc) is 2.67. The molecule has 134 valence electrons. The maximum atomic E-state index is 13.9. The van der Waals surface area contributed by atoms with Crippen molar-refractivity contribution < 1.29 is 4.39 Å². The van der Waals surface area contributed by atoms with Gasteiger partial charge >= 0.3 is 0 Å². The lowest BCUT2D eigenvalue weighted by Gasteiger charge is -2.36. The summed E-state index contributed by atoms with van der Waals surface area (Å²) in [5.74, 6) is -0.0299. The Morgan fingerprint density at radius 1 is 1.15 bits per heavy atom. The minimum Gasteiger partial charge on any atom is -0.370 e. The lowest BCUT2D eigenvalue weighted by atomic mass is 10.1. The topological polar surface area (TPSA) is 68.6 Å². The number of benzene rings is 2. The summed E-state index contributed by atoms with van der Waals surface area (Å²) in [5, 5.41) is 9.50. The van der Waals surface area contributed by atoms with Gasteiger partial charge in [0.25, 0.3) is 0 Å². The summed E-state index contributed by atoms with van der Waals surface area (Å²) < 4.78 is 13.9. The van der Waals surface area contributed by atoms with E-state index in [2.05, 4.69) is 9.89 Å². The maximum absolute atomic E-state index is 13.9. The Bertz CT molecular complexity index is 836. The molecule has 3 rings (SSSR count). The molecule has 1 fully saturated rings. The molecule has 1 saturated heterocycles. The standard InChI is InChI=1S/C19H19ClFN5/c20-16-3-5-17(6-4-16)25-7-9-26(10-8-25)19(23)24-13-15-2-1-14(12-22)11-18(15)21/h1-6,11H,7-10,13H2,(H2,23,24). The lowest BCUT2D eigenvalue weighted by molar-refractivity contribution is 0.380. The number of hydrogen-bond donors (Lipinski definition) is 1. The average molecular weight is 372 g/mol. The van der Waals surface area contributed by atoms with Crippen LogP contribution in [0.15, 0.2) is 47.5 Å². The van der Waals surface area contributed by atoms with Crippen LogP contribution in [0.1, 0.15) is 11.1 Å². The Kier molecular flexibility index (Phi) is 5.59. The van der Waals surface area contributed by atoms with Crippen LogP contribution in [-0.2, 0) is 6.54 Å². The predicted molar refractivity (Wildman–Crippen MR) is 102 cm³/mol. The summed E-state index contributed by atoms with van der Waals surface area (Å²) in [4.78, 5) is 8.56. The molecule has 26 heavy (non-hydrogen) atoms. The van der Waals surface area contributed by atoms with Gasteiger partial charge in [-0.25, -0.2) is 9.38 Å². The molecule has 7 heteroatoms. The van der Waals surface area contributed by atoms with Gasteiger partial charge in [0.1, 0.15) is 5.82 Å². The molecule has 0 aromatic heterocycles. The molecule has 0 saturated carbocycles. The summed E-state index contributed by atoms with van der Waals surface area (Å²) >= 11 is 5.93. The Hall–Kier alpha value is -2.78. The maximum Gasteiger partial charge on any atom is 0.191 e. The smallest absolute Gasteiger partial charge is 0.191 e. The van der Waals surface area contributed by atoms with Crippen molar-refractivity contribution in [2.24, 2.45) is 10.7 Å². The summed E-state index contributed by atoms with van der Waals surface area (Å²) in [6.45, 7) is 3.29. The van der Waals surface area contributed by atoms with Crippen LogP contribution < -0.4 is 10.6 Å². The van der Waals surface area contributed by atoms with Gasteiger partial charge in [0.15, 0.2) is 5.96 Å². The van der Waals surface area contributed by atoms with Crippen LogP contribution >= 0.6 is 11.6 Å².